The van der Waals surface area contributed by atoms with Gasteiger partial charge in [-0.05, 0) is 12.5 Å². The molecule has 142 valence electrons. The number of fused-ring (bicyclic) bond motifs is 1. The van der Waals surface area contributed by atoms with Gasteiger partial charge in [0, 0.05) is 37.2 Å². The van der Waals surface area contributed by atoms with Gasteiger partial charge in [-0.3, -0.25) is 4.79 Å². The van der Waals surface area contributed by atoms with Gasteiger partial charge in [0.25, 0.3) is 0 Å². The predicted octanol–water partition coefficient (Wildman–Crippen LogP) is 0.826. The van der Waals surface area contributed by atoms with E-state index in [1.54, 1.807) is 16.8 Å². The molecule has 1 N–H and O–H groups in total. The topological polar surface area (TPSA) is 97.7 Å². The van der Waals surface area contributed by atoms with Crippen LogP contribution in [0.3, 0.4) is 0 Å². The number of methoxy groups -OCH3 is 1. The first-order valence-electron chi connectivity index (χ1n) is 8.08. The second-order valence-corrected chi connectivity index (χ2v) is 8.06. The molecule has 1 amide bonds. The van der Waals surface area contributed by atoms with Crippen molar-refractivity contribution < 1.29 is 22.7 Å². The van der Waals surface area contributed by atoms with Crippen molar-refractivity contribution in [2.45, 2.75) is 13.0 Å². The van der Waals surface area contributed by atoms with Crippen LogP contribution in [0, 0.1) is 0 Å². The van der Waals surface area contributed by atoms with Crippen LogP contribution in [0.1, 0.15) is 16.8 Å². The van der Waals surface area contributed by atoms with Crippen LogP contribution < -0.4 is 5.32 Å². The van der Waals surface area contributed by atoms with E-state index < -0.39 is 16.0 Å². The third kappa shape index (κ3) is 4.83. The van der Waals surface area contributed by atoms with Crippen molar-refractivity contribution in [3.05, 3.63) is 36.0 Å². The number of benzene rings is 1. The number of rotatable bonds is 8. The van der Waals surface area contributed by atoms with Crippen LogP contribution >= 0.6 is 0 Å². The Morgan fingerprint density at radius 2 is 1.96 bits per heavy atom. The molecular weight excluding hydrogens is 358 g/mol. The molecule has 0 saturated heterocycles. The fourth-order valence-electron chi connectivity index (χ4n) is 2.56. The summed E-state index contributed by atoms with van der Waals surface area (Å²) in [6.45, 7) is 0.749. The van der Waals surface area contributed by atoms with E-state index in [-0.39, 0.29) is 12.5 Å². The van der Waals surface area contributed by atoms with E-state index in [0.29, 0.717) is 25.1 Å². The third-order valence-corrected chi connectivity index (χ3v) is 5.36. The number of nitrogens with zero attached hydrogens (tertiary/aromatic N) is 2. The number of sulfonamides is 1. The van der Waals surface area contributed by atoms with Gasteiger partial charge < -0.3 is 14.6 Å². The van der Waals surface area contributed by atoms with Gasteiger partial charge in [0.1, 0.15) is 6.54 Å². The van der Waals surface area contributed by atoms with Gasteiger partial charge in [0.15, 0.2) is 0 Å². The minimum atomic E-state index is -3.21. The smallest absolute Gasteiger partial charge is 0.340 e. The van der Waals surface area contributed by atoms with Gasteiger partial charge in [0.2, 0.25) is 15.9 Å². The molecule has 2 rings (SSSR count). The Kier molecular flexibility index (Phi) is 6.38. The highest BCUT2D eigenvalue weighted by Crippen LogP contribution is 2.21. The molecule has 0 unspecified atom stereocenters. The maximum absolute atomic E-state index is 12.2. The third-order valence-electron chi connectivity index (χ3n) is 4.05. The molecule has 1 aromatic heterocycles. The normalized spacial score (nSPS) is 11.7. The number of hydrogen-bond acceptors (Lipinski definition) is 5. The largest absolute Gasteiger partial charge is 0.465 e. The Morgan fingerprint density at radius 1 is 1.27 bits per heavy atom. The van der Waals surface area contributed by atoms with Gasteiger partial charge in [-0.25, -0.2) is 17.5 Å². The maximum Gasteiger partial charge on any atom is 0.340 e. The molecule has 26 heavy (non-hydrogen) atoms. The zero-order chi connectivity index (χ0) is 19.3. The number of para-hydroxylation sites is 1. The number of ether oxygens (including phenoxy) is 1. The molecule has 0 spiro atoms. The summed E-state index contributed by atoms with van der Waals surface area (Å²) in [4.78, 5) is 24.1. The maximum atomic E-state index is 12.2. The number of aromatic nitrogens is 1. The van der Waals surface area contributed by atoms with Crippen LogP contribution in [-0.2, 0) is 26.1 Å². The van der Waals surface area contributed by atoms with Gasteiger partial charge >= 0.3 is 5.97 Å². The summed E-state index contributed by atoms with van der Waals surface area (Å²) < 4.78 is 30.3. The Labute approximate surface area is 152 Å². The van der Waals surface area contributed by atoms with Crippen molar-refractivity contribution >= 4 is 32.8 Å². The SMILES string of the molecule is COC(=O)c1cn(CC(=O)NCCCN(C)S(C)(=O)=O)c2ccccc12. The van der Waals surface area contributed by atoms with E-state index in [1.165, 1.54) is 18.5 Å². The predicted molar refractivity (Wildman–Crippen MR) is 98.4 cm³/mol. The number of carbonyl (C=O) groups is 2. The summed E-state index contributed by atoms with van der Waals surface area (Å²) >= 11 is 0. The standard InChI is InChI=1S/C17H23N3O5S/c1-19(26(3,23)24)10-6-9-18-16(21)12-20-11-14(17(22)25-2)13-7-4-5-8-15(13)20/h4-5,7-8,11H,6,9-10,12H2,1-3H3,(H,18,21). The fourth-order valence-corrected chi connectivity index (χ4v) is 3.02. The number of hydrogen-bond donors (Lipinski definition) is 1. The zero-order valence-electron chi connectivity index (χ0n) is 15.1. The number of carbonyl (C=O) groups excluding carboxylic acids is 2. The van der Waals surface area contributed by atoms with Crippen molar-refractivity contribution in [2.24, 2.45) is 0 Å². The Balaban J connectivity index is 1.98. The van der Waals surface area contributed by atoms with Crippen LogP contribution in [0.15, 0.2) is 30.5 Å². The minimum absolute atomic E-state index is 0.0550. The Bertz CT molecular complexity index is 904. The van der Waals surface area contributed by atoms with E-state index in [0.717, 1.165) is 17.2 Å². The lowest BCUT2D eigenvalue weighted by Gasteiger charge is -2.14. The van der Waals surface area contributed by atoms with Crippen molar-refractivity contribution in [3.8, 4) is 0 Å². The lowest BCUT2D eigenvalue weighted by Crippen LogP contribution is -2.32. The van der Waals surface area contributed by atoms with Crippen LogP contribution in [0.4, 0.5) is 0 Å². The van der Waals surface area contributed by atoms with E-state index in [2.05, 4.69) is 5.32 Å². The average Bonchev–Trinajstić information content (AvgIpc) is 2.95. The molecule has 0 aliphatic rings. The van der Waals surface area contributed by atoms with Gasteiger partial charge in [0.05, 0.1) is 18.9 Å². The van der Waals surface area contributed by atoms with E-state index in [9.17, 15) is 18.0 Å². The lowest BCUT2D eigenvalue weighted by molar-refractivity contribution is -0.121. The van der Waals surface area contributed by atoms with Gasteiger partial charge in [-0.15, -0.1) is 0 Å². The highest BCUT2D eigenvalue weighted by atomic mass is 32.2. The fraction of sp³-hybridized carbons (Fsp3) is 0.412. The summed E-state index contributed by atoms with van der Waals surface area (Å²) in [6, 6.07) is 7.28. The summed E-state index contributed by atoms with van der Waals surface area (Å²) in [5.41, 5.74) is 1.17. The molecule has 0 radical (unpaired) electrons. The van der Waals surface area contributed by atoms with Gasteiger partial charge in [-0.2, -0.15) is 0 Å². The summed E-state index contributed by atoms with van der Waals surface area (Å²) in [5.74, 6) is -0.673. The second-order valence-electron chi connectivity index (χ2n) is 5.97. The highest BCUT2D eigenvalue weighted by molar-refractivity contribution is 7.88. The molecule has 0 bridgehead atoms. The monoisotopic (exact) mass is 381 g/mol. The van der Waals surface area contributed by atoms with Crippen molar-refractivity contribution in [3.63, 3.8) is 0 Å². The molecule has 9 heteroatoms. The Morgan fingerprint density at radius 3 is 2.62 bits per heavy atom. The summed E-state index contributed by atoms with van der Waals surface area (Å²) in [5, 5.41) is 3.48. The molecule has 1 heterocycles. The molecule has 8 nitrogen and oxygen atoms in total. The highest BCUT2D eigenvalue weighted by Gasteiger charge is 2.16. The number of esters is 1. The summed E-state index contributed by atoms with van der Waals surface area (Å²) in [7, 11) is -0.400. The second kappa shape index (κ2) is 8.33. The van der Waals surface area contributed by atoms with Crippen LogP contribution in [0.5, 0.6) is 0 Å². The summed E-state index contributed by atoms with van der Waals surface area (Å²) in [6.07, 6.45) is 3.25. The molecule has 0 fully saturated rings. The van der Waals surface area contributed by atoms with Crippen molar-refractivity contribution in [1.82, 2.24) is 14.2 Å². The van der Waals surface area contributed by atoms with E-state index in [1.807, 2.05) is 18.2 Å². The van der Waals surface area contributed by atoms with Crippen molar-refractivity contribution in [2.75, 3.05) is 33.5 Å². The molecule has 1 aromatic carbocycles. The van der Waals surface area contributed by atoms with Crippen LogP contribution in [0.2, 0.25) is 0 Å². The van der Waals surface area contributed by atoms with Crippen molar-refractivity contribution in [1.29, 1.82) is 0 Å². The molecule has 2 aromatic rings. The molecule has 0 aliphatic heterocycles. The molecule has 0 atom stereocenters. The number of nitrogens with one attached hydrogen (secondary N) is 1. The van der Waals surface area contributed by atoms with E-state index >= 15 is 0 Å². The zero-order valence-corrected chi connectivity index (χ0v) is 15.9. The first-order chi connectivity index (χ1) is 12.2. The lowest BCUT2D eigenvalue weighted by atomic mass is 10.2. The molecular formula is C17H23N3O5S. The van der Waals surface area contributed by atoms with E-state index in [4.69, 9.17) is 4.74 Å². The van der Waals surface area contributed by atoms with Gasteiger partial charge in [-0.1, -0.05) is 18.2 Å². The quantitative estimate of drug-likeness (QED) is 0.539. The first-order valence-corrected chi connectivity index (χ1v) is 9.93. The number of amides is 1. The van der Waals surface area contributed by atoms with Crippen LogP contribution in [-0.4, -0.2) is 62.7 Å². The minimum Gasteiger partial charge on any atom is -0.465 e. The molecule has 0 saturated carbocycles. The Hall–Kier alpha value is -2.39. The molecule has 0 aliphatic carbocycles. The average molecular weight is 381 g/mol. The first kappa shape index (κ1) is 19.9. The van der Waals surface area contributed by atoms with Crippen LogP contribution in [0.25, 0.3) is 10.9 Å².